The number of aromatic nitrogens is 2. The van der Waals surface area contributed by atoms with Gasteiger partial charge in [-0.25, -0.2) is 18.1 Å². The van der Waals surface area contributed by atoms with Crippen LogP contribution >= 0.6 is 0 Å². The molecular formula is C8H13N3O4S. The minimum absolute atomic E-state index is 0.000185. The highest BCUT2D eigenvalue weighted by atomic mass is 32.2. The number of nitrogens with zero attached hydrogens (tertiary/aromatic N) is 1. The normalized spacial score (nSPS) is 11.3. The second-order valence-corrected chi connectivity index (χ2v) is 4.60. The summed E-state index contributed by atoms with van der Waals surface area (Å²) in [5.41, 5.74) is 0. The minimum atomic E-state index is -3.60. The quantitative estimate of drug-likeness (QED) is 0.668. The molecule has 8 heteroatoms. The van der Waals surface area contributed by atoms with Gasteiger partial charge in [0, 0.05) is 6.54 Å². The maximum Gasteiger partial charge on any atom is 0.307 e. The van der Waals surface area contributed by atoms with Crippen LogP contribution in [-0.2, 0) is 19.6 Å². The Morgan fingerprint density at radius 2 is 2.38 bits per heavy atom. The molecule has 0 aliphatic rings. The van der Waals surface area contributed by atoms with Gasteiger partial charge in [-0.05, 0) is 6.92 Å². The Labute approximate surface area is 93.3 Å². The van der Waals surface area contributed by atoms with Crippen LogP contribution in [0, 0.1) is 0 Å². The van der Waals surface area contributed by atoms with E-state index in [1.165, 1.54) is 12.5 Å². The van der Waals surface area contributed by atoms with E-state index in [1.807, 2.05) is 0 Å². The number of ether oxygens (including phenoxy) is 1. The summed E-state index contributed by atoms with van der Waals surface area (Å²) in [7, 11) is -3.60. The van der Waals surface area contributed by atoms with Gasteiger partial charge >= 0.3 is 5.97 Å². The van der Waals surface area contributed by atoms with E-state index >= 15 is 0 Å². The van der Waals surface area contributed by atoms with Gasteiger partial charge in [0.15, 0.2) is 5.03 Å². The van der Waals surface area contributed by atoms with Crippen LogP contribution in [0.2, 0.25) is 0 Å². The van der Waals surface area contributed by atoms with E-state index in [0.717, 1.165) is 0 Å². The van der Waals surface area contributed by atoms with Crippen LogP contribution < -0.4 is 4.72 Å². The van der Waals surface area contributed by atoms with Crippen LogP contribution in [0.5, 0.6) is 0 Å². The fourth-order valence-corrected chi connectivity index (χ4v) is 1.92. The maximum atomic E-state index is 11.5. The standard InChI is InChI=1S/C8H13N3O4S/c1-2-15-8(12)3-4-11-16(13,14)7-5-9-6-10-7/h5-6,11H,2-4H2,1H3,(H,9,10). The van der Waals surface area contributed by atoms with Crippen LogP contribution in [0.25, 0.3) is 0 Å². The highest BCUT2D eigenvalue weighted by molar-refractivity contribution is 7.89. The molecule has 1 rings (SSSR count). The number of aromatic amines is 1. The fourth-order valence-electron chi connectivity index (χ4n) is 0.988. The average molecular weight is 247 g/mol. The molecule has 0 radical (unpaired) electrons. The molecule has 1 aromatic heterocycles. The lowest BCUT2D eigenvalue weighted by Gasteiger charge is -2.04. The number of carbonyl (C=O) groups excluding carboxylic acids is 1. The smallest absolute Gasteiger partial charge is 0.307 e. The number of imidazole rings is 1. The van der Waals surface area contributed by atoms with Gasteiger partial charge in [-0.2, -0.15) is 0 Å². The number of hydrogen-bond acceptors (Lipinski definition) is 5. The van der Waals surface area contributed by atoms with Gasteiger partial charge in [0.25, 0.3) is 10.0 Å². The van der Waals surface area contributed by atoms with Crippen molar-refractivity contribution < 1.29 is 17.9 Å². The first-order valence-electron chi connectivity index (χ1n) is 4.70. The third-order valence-electron chi connectivity index (χ3n) is 1.69. The van der Waals surface area contributed by atoms with E-state index in [9.17, 15) is 13.2 Å². The summed E-state index contributed by atoms with van der Waals surface area (Å²) in [6.07, 6.45) is 2.45. The van der Waals surface area contributed by atoms with Crippen molar-refractivity contribution in [2.75, 3.05) is 13.2 Å². The first kappa shape index (κ1) is 12.7. The number of rotatable bonds is 6. The number of esters is 1. The number of hydrogen-bond donors (Lipinski definition) is 2. The molecule has 0 aliphatic heterocycles. The Morgan fingerprint density at radius 3 is 2.94 bits per heavy atom. The number of H-pyrrole nitrogens is 1. The molecule has 0 saturated carbocycles. The molecule has 0 aromatic carbocycles. The Morgan fingerprint density at radius 1 is 1.62 bits per heavy atom. The van der Waals surface area contributed by atoms with Crippen molar-refractivity contribution in [3.05, 3.63) is 12.5 Å². The highest BCUT2D eigenvalue weighted by Gasteiger charge is 2.15. The van der Waals surface area contributed by atoms with E-state index < -0.39 is 16.0 Å². The molecule has 16 heavy (non-hydrogen) atoms. The van der Waals surface area contributed by atoms with Gasteiger partial charge in [0.05, 0.1) is 25.6 Å². The largest absolute Gasteiger partial charge is 0.466 e. The summed E-state index contributed by atoms with van der Waals surface area (Å²) in [5, 5.41) is -0.0311. The molecule has 7 nitrogen and oxygen atoms in total. The zero-order valence-electron chi connectivity index (χ0n) is 8.76. The number of sulfonamides is 1. The Balaban J connectivity index is 2.41. The molecule has 1 aromatic rings. The van der Waals surface area contributed by atoms with E-state index in [2.05, 4.69) is 19.4 Å². The first-order valence-corrected chi connectivity index (χ1v) is 6.18. The van der Waals surface area contributed by atoms with Crippen LogP contribution in [0.4, 0.5) is 0 Å². The van der Waals surface area contributed by atoms with Crippen molar-refractivity contribution in [3.63, 3.8) is 0 Å². The highest BCUT2D eigenvalue weighted by Crippen LogP contribution is 2.01. The molecular weight excluding hydrogens is 234 g/mol. The van der Waals surface area contributed by atoms with E-state index in [0.29, 0.717) is 0 Å². The summed E-state index contributed by atoms with van der Waals surface area (Å²) in [4.78, 5) is 17.0. The fraction of sp³-hybridized carbons (Fsp3) is 0.500. The van der Waals surface area contributed by atoms with Gasteiger partial charge in [-0.1, -0.05) is 0 Å². The number of nitrogens with one attached hydrogen (secondary N) is 2. The predicted octanol–water partition coefficient (Wildman–Crippen LogP) is -0.359. The lowest BCUT2D eigenvalue weighted by molar-refractivity contribution is -0.142. The Kier molecular flexibility index (Phi) is 4.44. The second kappa shape index (κ2) is 5.61. The van der Waals surface area contributed by atoms with Gasteiger partial charge in [0.2, 0.25) is 0 Å². The predicted molar refractivity (Wildman–Crippen MR) is 55.0 cm³/mol. The second-order valence-electron chi connectivity index (χ2n) is 2.87. The van der Waals surface area contributed by atoms with E-state index in [-0.39, 0.29) is 24.6 Å². The van der Waals surface area contributed by atoms with Gasteiger partial charge in [-0.15, -0.1) is 0 Å². The van der Waals surface area contributed by atoms with Crippen molar-refractivity contribution in [2.45, 2.75) is 18.4 Å². The third kappa shape index (κ3) is 3.63. The average Bonchev–Trinajstić information content (AvgIpc) is 2.71. The van der Waals surface area contributed by atoms with Gasteiger partial charge < -0.3 is 9.72 Å². The number of carbonyl (C=O) groups is 1. The summed E-state index contributed by atoms with van der Waals surface area (Å²) in [6.45, 7) is 1.97. The molecule has 0 atom stereocenters. The van der Waals surface area contributed by atoms with E-state index in [4.69, 9.17) is 0 Å². The molecule has 0 bridgehead atoms. The Bertz CT molecular complexity index is 426. The van der Waals surface area contributed by atoms with Crippen molar-refractivity contribution in [3.8, 4) is 0 Å². The van der Waals surface area contributed by atoms with E-state index in [1.54, 1.807) is 6.92 Å². The maximum absolute atomic E-state index is 11.5. The van der Waals surface area contributed by atoms with Crippen LogP contribution in [0.1, 0.15) is 13.3 Å². The van der Waals surface area contributed by atoms with Crippen molar-refractivity contribution >= 4 is 16.0 Å². The molecule has 0 unspecified atom stereocenters. The van der Waals surface area contributed by atoms with Crippen LogP contribution in [0.15, 0.2) is 17.6 Å². The summed E-state index contributed by atoms with van der Waals surface area (Å²) >= 11 is 0. The molecule has 0 saturated heterocycles. The summed E-state index contributed by atoms with van der Waals surface area (Å²) in [5.74, 6) is -0.435. The molecule has 2 N–H and O–H groups in total. The lowest BCUT2D eigenvalue weighted by Crippen LogP contribution is -2.27. The molecule has 0 aliphatic carbocycles. The zero-order valence-corrected chi connectivity index (χ0v) is 9.58. The van der Waals surface area contributed by atoms with Gasteiger partial charge in [0.1, 0.15) is 0 Å². The van der Waals surface area contributed by atoms with Crippen molar-refractivity contribution in [1.82, 2.24) is 14.7 Å². The SMILES string of the molecule is CCOC(=O)CCNS(=O)(=O)c1cnc[nH]1. The Hall–Kier alpha value is -1.41. The van der Waals surface area contributed by atoms with Crippen molar-refractivity contribution in [1.29, 1.82) is 0 Å². The first-order chi connectivity index (χ1) is 7.56. The molecule has 0 spiro atoms. The van der Waals surface area contributed by atoms with Crippen LogP contribution in [-0.4, -0.2) is 37.5 Å². The van der Waals surface area contributed by atoms with Crippen molar-refractivity contribution in [2.24, 2.45) is 0 Å². The third-order valence-corrected chi connectivity index (χ3v) is 3.08. The van der Waals surface area contributed by atoms with Crippen LogP contribution in [0.3, 0.4) is 0 Å². The lowest BCUT2D eigenvalue weighted by atomic mass is 10.4. The molecule has 0 amide bonds. The van der Waals surface area contributed by atoms with Gasteiger partial charge in [-0.3, -0.25) is 4.79 Å². The molecule has 90 valence electrons. The topological polar surface area (TPSA) is 101 Å². The molecule has 0 fully saturated rings. The summed E-state index contributed by atoms with van der Waals surface area (Å²) in [6, 6.07) is 0. The minimum Gasteiger partial charge on any atom is -0.466 e. The molecule has 1 heterocycles. The summed E-state index contributed by atoms with van der Waals surface area (Å²) < 4.78 is 29.9. The monoisotopic (exact) mass is 247 g/mol. The zero-order chi connectivity index (χ0) is 12.0.